The van der Waals surface area contributed by atoms with Crippen LogP contribution in [0.3, 0.4) is 0 Å². The van der Waals surface area contributed by atoms with Gasteiger partial charge in [-0.15, -0.1) is 0 Å². The molecule has 1 aliphatic rings. The van der Waals surface area contributed by atoms with E-state index in [4.69, 9.17) is 9.15 Å². The average molecular weight is 436 g/mol. The van der Waals surface area contributed by atoms with E-state index >= 15 is 0 Å². The van der Waals surface area contributed by atoms with E-state index in [0.717, 1.165) is 12.8 Å². The molecule has 9 nitrogen and oxygen atoms in total. The number of nitrogens with one attached hydrogen (secondary N) is 2. The van der Waals surface area contributed by atoms with Crippen LogP contribution in [-0.2, 0) is 26.1 Å². The van der Waals surface area contributed by atoms with Crippen LogP contribution in [0.15, 0.2) is 52.0 Å². The number of hydrogen-bond acceptors (Lipinski definition) is 6. The topological polar surface area (TPSA) is 118 Å². The molecular weight excluding hydrogens is 410 g/mol. The Labute approximate surface area is 175 Å². The second kappa shape index (κ2) is 9.88. The van der Waals surface area contributed by atoms with E-state index in [2.05, 4.69) is 10.0 Å². The fourth-order valence-corrected chi connectivity index (χ4v) is 4.16. The summed E-state index contributed by atoms with van der Waals surface area (Å²) in [7, 11) is -2.30. The number of carbonyl (C=O) groups is 2. The number of sulfonamides is 1. The summed E-state index contributed by atoms with van der Waals surface area (Å²) in [4.78, 5) is 25.9. The lowest BCUT2D eigenvalue weighted by atomic mass is 10.2. The molecule has 162 valence electrons. The van der Waals surface area contributed by atoms with Gasteiger partial charge in [0.05, 0.1) is 30.4 Å². The van der Waals surface area contributed by atoms with E-state index in [0.29, 0.717) is 12.4 Å². The number of nitrogens with zero attached hydrogens (tertiary/aromatic N) is 1. The van der Waals surface area contributed by atoms with Gasteiger partial charge in [-0.1, -0.05) is 6.07 Å². The molecule has 30 heavy (non-hydrogen) atoms. The summed E-state index contributed by atoms with van der Waals surface area (Å²) in [5.41, 5.74) is 0.177. The zero-order chi connectivity index (χ0) is 21.6. The quantitative estimate of drug-likeness (QED) is 0.610. The van der Waals surface area contributed by atoms with Crippen molar-refractivity contribution in [3.8, 4) is 0 Å². The fraction of sp³-hybridized carbons (Fsp3) is 0.400. The summed E-state index contributed by atoms with van der Waals surface area (Å²) < 4.78 is 38.2. The maximum atomic E-state index is 12.7. The zero-order valence-electron chi connectivity index (χ0n) is 16.7. The van der Waals surface area contributed by atoms with Gasteiger partial charge in [0.1, 0.15) is 5.76 Å². The molecule has 0 radical (unpaired) electrons. The van der Waals surface area contributed by atoms with E-state index in [1.165, 1.54) is 42.5 Å². The molecule has 2 heterocycles. The zero-order valence-corrected chi connectivity index (χ0v) is 17.5. The third kappa shape index (κ3) is 5.91. The number of ether oxygens (including phenoxy) is 1. The van der Waals surface area contributed by atoms with Crippen molar-refractivity contribution < 1.29 is 27.2 Å². The van der Waals surface area contributed by atoms with Gasteiger partial charge in [-0.25, -0.2) is 13.1 Å². The number of rotatable bonds is 9. The van der Waals surface area contributed by atoms with Crippen LogP contribution in [0.4, 0.5) is 0 Å². The van der Waals surface area contributed by atoms with Crippen LogP contribution in [0.2, 0.25) is 0 Å². The highest BCUT2D eigenvalue weighted by molar-refractivity contribution is 7.89. The van der Waals surface area contributed by atoms with E-state index in [-0.39, 0.29) is 42.1 Å². The SMILES string of the molecule is CN(CC(=O)NCc1ccco1)C(=O)c1cccc(S(=O)(=O)NC[C@@H]2CCCO2)c1. The van der Waals surface area contributed by atoms with Crippen molar-refractivity contribution in [1.29, 1.82) is 0 Å². The van der Waals surface area contributed by atoms with E-state index in [1.54, 1.807) is 12.1 Å². The lowest BCUT2D eigenvalue weighted by molar-refractivity contribution is -0.121. The normalized spacial score (nSPS) is 16.4. The van der Waals surface area contributed by atoms with Crippen LogP contribution in [0.5, 0.6) is 0 Å². The largest absolute Gasteiger partial charge is 0.467 e. The van der Waals surface area contributed by atoms with Crippen molar-refractivity contribution in [1.82, 2.24) is 14.9 Å². The predicted molar refractivity (Wildman–Crippen MR) is 108 cm³/mol. The Balaban J connectivity index is 1.57. The third-order valence-electron chi connectivity index (χ3n) is 4.68. The molecule has 1 saturated heterocycles. The van der Waals surface area contributed by atoms with Crippen LogP contribution >= 0.6 is 0 Å². The molecule has 0 spiro atoms. The average Bonchev–Trinajstić information content (AvgIpc) is 3.44. The van der Waals surface area contributed by atoms with Gasteiger partial charge in [-0.2, -0.15) is 0 Å². The van der Waals surface area contributed by atoms with Gasteiger partial charge < -0.3 is 19.4 Å². The van der Waals surface area contributed by atoms with E-state index < -0.39 is 15.9 Å². The Morgan fingerprint density at radius 1 is 1.23 bits per heavy atom. The number of furan rings is 1. The van der Waals surface area contributed by atoms with Crippen molar-refractivity contribution in [3.05, 3.63) is 54.0 Å². The Morgan fingerprint density at radius 2 is 2.07 bits per heavy atom. The smallest absolute Gasteiger partial charge is 0.254 e. The lowest BCUT2D eigenvalue weighted by Crippen LogP contribution is -2.38. The van der Waals surface area contributed by atoms with Crippen LogP contribution in [0, 0.1) is 0 Å². The number of amides is 2. The Hall–Kier alpha value is -2.69. The van der Waals surface area contributed by atoms with E-state index in [9.17, 15) is 18.0 Å². The molecule has 0 aliphatic carbocycles. The molecule has 10 heteroatoms. The molecule has 1 aromatic heterocycles. The highest BCUT2D eigenvalue weighted by Gasteiger charge is 2.22. The first-order chi connectivity index (χ1) is 14.3. The standard InChI is InChI=1S/C20H25N3O6S/c1-23(14-19(24)21-12-16-6-3-9-28-16)20(25)15-5-2-8-18(11-15)30(26,27)22-13-17-7-4-10-29-17/h2-3,5-6,8-9,11,17,22H,4,7,10,12-14H2,1H3,(H,21,24)/t17-/m0/s1. The molecule has 2 amide bonds. The van der Waals surface area contributed by atoms with Crippen molar-refractivity contribution in [2.24, 2.45) is 0 Å². The Kier molecular flexibility index (Phi) is 7.24. The number of likely N-dealkylation sites (N-methyl/N-ethyl adjacent to an activating group) is 1. The Morgan fingerprint density at radius 3 is 2.77 bits per heavy atom. The highest BCUT2D eigenvalue weighted by Crippen LogP contribution is 2.15. The van der Waals surface area contributed by atoms with Crippen molar-refractivity contribution in [3.63, 3.8) is 0 Å². The van der Waals surface area contributed by atoms with Gasteiger partial charge in [0.2, 0.25) is 15.9 Å². The molecule has 0 saturated carbocycles. The molecule has 1 fully saturated rings. The van der Waals surface area contributed by atoms with Gasteiger partial charge in [0.15, 0.2) is 0 Å². The minimum Gasteiger partial charge on any atom is -0.467 e. The van der Waals surface area contributed by atoms with Crippen molar-refractivity contribution in [2.45, 2.75) is 30.4 Å². The van der Waals surface area contributed by atoms with Gasteiger partial charge in [-0.3, -0.25) is 9.59 Å². The van der Waals surface area contributed by atoms with Gasteiger partial charge in [-0.05, 0) is 43.2 Å². The second-order valence-corrected chi connectivity index (χ2v) is 8.80. The lowest BCUT2D eigenvalue weighted by Gasteiger charge is -2.17. The second-order valence-electron chi connectivity index (χ2n) is 7.03. The summed E-state index contributed by atoms with van der Waals surface area (Å²) in [6.45, 7) is 0.875. The number of benzene rings is 1. The maximum absolute atomic E-state index is 12.7. The first kappa shape index (κ1) is 22.0. The van der Waals surface area contributed by atoms with Crippen LogP contribution < -0.4 is 10.0 Å². The van der Waals surface area contributed by atoms with Crippen LogP contribution in [-0.4, -0.2) is 58.0 Å². The van der Waals surface area contributed by atoms with Crippen LogP contribution in [0.1, 0.15) is 29.0 Å². The highest BCUT2D eigenvalue weighted by atomic mass is 32.2. The summed E-state index contributed by atoms with van der Waals surface area (Å²) >= 11 is 0. The number of hydrogen-bond donors (Lipinski definition) is 2. The molecule has 2 N–H and O–H groups in total. The molecule has 3 rings (SSSR count). The summed E-state index contributed by atoms with van der Waals surface area (Å²) in [6, 6.07) is 9.18. The first-order valence-electron chi connectivity index (χ1n) is 9.61. The predicted octanol–water partition coefficient (Wildman–Crippen LogP) is 1.13. The molecule has 1 aromatic carbocycles. The first-order valence-corrected chi connectivity index (χ1v) is 11.1. The van der Waals surface area contributed by atoms with Gasteiger partial charge >= 0.3 is 0 Å². The van der Waals surface area contributed by atoms with Gasteiger partial charge in [0.25, 0.3) is 5.91 Å². The third-order valence-corrected chi connectivity index (χ3v) is 6.10. The minimum atomic E-state index is -3.78. The van der Waals surface area contributed by atoms with Crippen molar-refractivity contribution >= 4 is 21.8 Å². The Bertz CT molecular complexity index is 968. The molecule has 0 unspecified atom stereocenters. The summed E-state index contributed by atoms with van der Waals surface area (Å²) in [5.74, 6) is -0.214. The summed E-state index contributed by atoms with van der Waals surface area (Å²) in [5, 5.41) is 2.66. The molecule has 2 aromatic rings. The van der Waals surface area contributed by atoms with Crippen molar-refractivity contribution in [2.75, 3.05) is 26.7 Å². The maximum Gasteiger partial charge on any atom is 0.254 e. The van der Waals surface area contributed by atoms with Gasteiger partial charge in [0, 0.05) is 25.8 Å². The summed E-state index contributed by atoms with van der Waals surface area (Å²) in [6.07, 6.45) is 3.11. The molecular formula is C20H25N3O6S. The van der Waals surface area contributed by atoms with Crippen LogP contribution in [0.25, 0.3) is 0 Å². The number of carbonyl (C=O) groups excluding carboxylic acids is 2. The monoisotopic (exact) mass is 435 g/mol. The molecule has 1 atom stereocenters. The fourth-order valence-electron chi connectivity index (χ4n) is 3.05. The molecule has 0 bridgehead atoms. The molecule has 1 aliphatic heterocycles. The van der Waals surface area contributed by atoms with E-state index in [1.807, 2.05) is 0 Å². The minimum absolute atomic E-state index is 0.0120.